The number of Topliss-reactive ketones (excluding diaryl/α,β-unsaturated/α-hetero) is 1. The molecule has 6 N–H and O–H groups in total. The Balaban J connectivity index is 2.06. The van der Waals surface area contributed by atoms with E-state index in [0.717, 1.165) is 45.2 Å². The van der Waals surface area contributed by atoms with E-state index in [1.165, 1.54) is 4.68 Å². The molecule has 2 rings (SSSR count). The summed E-state index contributed by atoms with van der Waals surface area (Å²) in [4.78, 5) is 12.8. The second-order valence-electron chi connectivity index (χ2n) is 6.63. The standard InChI is InChI=1S/C16H30N6O2/c1-11(23)15(16(24)12-5-8-19-9-6-12)22-10-14(20-21-22)13(18)4-2-3-7-17/h10-13,15,19,23H,2-9,17-18H2,1H3/t11?,13-,15-/m0/s1. The van der Waals surface area contributed by atoms with E-state index in [1.807, 2.05) is 0 Å². The van der Waals surface area contributed by atoms with E-state index in [0.29, 0.717) is 12.2 Å². The summed E-state index contributed by atoms with van der Waals surface area (Å²) in [5, 5.41) is 21.5. The molecule has 8 nitrogen and oxygen atoms in total. The van der Waals surface area contributed by atoms with Gasteiger partial charge < -0.3 is 21.9 Å². The van der Waals surface area contributed by atoms with Gasteiger partial charge in [0.2, 0.25) is 0 Å². The lowest BCUT2D eigenvalue weighted by molar-refractivity contribution is -0.130. The third-order valence-electron chi connectivity index (χ3n) is 4.65. The van der Waals surface area contributed by atoms with Crippen LogP contribution in [0.3, 0.4) is 0 Å². The smallest absolute Gasteiger partial charge is 0.163 e. The minimum absolute atomic E-state index is 0.0275. The molecule has 1 saturated heterocycles. The average Bonchev–Trinajstić information content (AvgIpc) is 3.05. The molecule has 2 heterocycles. The predicted molar refractivity (Wildman–Crippen MR) is 91.2 cm³/mol. The molecule has 0 spiro atoms. The molecule has 3 atom stereocenters. The van der Waals surface area contributed by atoms with Crippen molar-refractivity contribution in [3.8, 4) is 0 Å². The van der Waals surface area contributed by atoms with Crippen molar-refractivity contribution < 1.29 is 9.90 Å². The highest BCUT2D eigenvalue weighted by Gasteiger charge is 2.33. The Morgan fingerprint density at radius 1 is 1.46 bits per heavy atom. The van der Waals surface area contributed by atoms with Gasteiger partial charge in [-0.1, -0.05) is 11.6 Å². The molecule has 0 aromatic carbocycles. The van der Waals surface area contributed by atoms with Crippen LogP contribution in [0, 0.1) is 5.92 Å². The number of nitrogens with two attached hydrogens (primary N) is 2. The fourth-order valence-electron chi connectivity index (χ4n) is 3.19. The van der Waals surface area contributed by atoms with Crippen molar-refractivity contribution in [2.45, 2.75) is 57.2 Å². The third-order valence-corrected chi connectivity index (χ3v) is 4.65. The maximum absolute atomic E-state index is 12.8. The van der Waals surface area contributed by atoms with Crippen LogP contribution in [0.25, 0.3) is 0 Å². The van der Waals surface area contributed by atoms with Crippen molar-refractivity contribution in [1.29, 1.82) is 0 Å². The van der Waals surface area contributed by atoms with Gasteiger partial charge >= 0.3 is 0 Å². The summed E-state index contributed by atoms with van der Waals surface area (Å²) in [7, 11) is 0. The summed E-state index contributed by atoms with van der Waals surface area (Å²) in [5.41, 5.74) is 12.3. The fourth-order valence-corrected chi connectivity index (χ4v) is 3.19. The number of rotatable bonds is 9. The van der Waals surface area contributed by atoms with Gasteiger partial charge in [-0.05, 0) is 52.2 Å². The number of carbonyl (C=O) groups excluding carboxylic acids is 1. The second-order valence-corrected chi connectivity index (χ2v) is 6.63. The number of aromatic nitrogens is 3. The molecule has 24 heavy (non-hydrogen) atoms. The number of aliphatic hydroxyl groups excluding tert-OH is 1. The van der Waals surface area contributed by atoms with Crippen LogP contribution in [0.15, 0.2) is 6.20 Å². The minimum atomic E-state index is -0.824. The first-order valence-corrected chi connectivity index (χ1v) is 8.84. The van der Waals surface area contributed by atoms with Gasteiger partial charge in [0.25, 0.3) is 0 Å². The number of ketones is 1. The quantitative estimate of drug-likeness (QED) is 0.462. The van der Waals surface area contributed by atoms with Crippen LogP contribution in [0.2, 0.25) is 0 Å². The van der Waals surface area contributed by atoms with Gasteiger partial charge in [-0.25, -0.2) is 4.68 Å². The van der Waals surface area contributed by atoms with Gasteiger partial charge in [-0.3, -0.25) is 4.79 Å². The van der Waals surface area contributed by atoms with Gasteiger partial charge in [0.15, 0.2) is 5.78 Å². The Labute approximate surface area is 143 Å². The van der Waals surface area contributed by atoms with Gasteiger partial charge in [0, 0.05) is 5.92 Å². The normalized spacial score (nSPS) is 19.8. The van der Waals surface area contributed by atoms with Crippen molar-refractivity contribution in [1.82, 2.24) is 20.3 Å². The number of carbonyl (C=O) groups is 1. The first-order valence-electron chi connectivity index (χ1n) is 8.84. The predicted octanol–water partition coefficient (Wildman–Crippen LogP) is -0.102. The lowest BCUT2D eigenvalue weighted by Gasteiger charge is -2.27. The van der Waals surface area contributed by atoms with Crippen molar-refractivity contribution >= 4 is 5.78 Å². The van der Waals surface area contributed by atoms with Crippen LogP contribution in [0.5, 0.6) is 0 Å². The topological polar surface area (TPSA) is 132 Å². The Morgan fingerprint density at radius 3 is 2.79 bits per heavy atom. The zero-order chi connectivity index (χ0) is 17.5. The number of piperidine rings is 1. The van der Waals surface area contributed by atoms with E-state index in [2.05, 4.69) is 15.6 Å². The van der Waals surface area contributed by atoms with E-state index in [1.54, 1.807) is 13.1 Å². The molecule has 1 aromatic heterocycles. The maximum atomic E-state index is 12.8. The Kier molecular flexibility index (Phi) is 7.29. The number of aliphatic hydroxyl groups is 1. The molecule has 0 radical (unpaired) electrons. The largest absolute Gasteiger partial charge is 0.391 e. The van der Waals surface area contributed by atoms with Gasteiger partial charge in [-0.15, -0.1) is 5.10 Å². The van der Waals surface area contributed by atoms with E-state index in [-0.39, 0.29) is 17.7 Å². The molecule has 136 valence electrons. The second kappa shape index (κ2) is 9.22. The van der Waals surface area contributed by atoms with Gasteiger partial charge in [0.05, 0.1) is 24.0 Å². The number of unbranched alkanes of at least 4 members (excludes halogenated alkanes) is 1. The lowest BCUT2D eigenvalue weighted by Crippen LogP contribution is -2.39. The Morgan fingerprint density at radius 2 is 2.17 bits per heavy atom. The molecule has 1 aliphatic rings. The fraction of sp³-hybridized carbons (Fsp3) is 0.812. The van der Waals surface area contributed by atoms with Crippen molar-refractivity contribution in [2.75, 3.05) is 19.6 Å². The van der Waals surface area contributed by atoms with Crippen molar-refractivity contribution in [3.05, 3.63) is 11.9 Å². The molecule has 0 bridgehead atoms. The van der Waals surface area contributed by atoms with Crippen LogP contribution < -0.4 is 16.8 Å². The SMILES string of the molecule is CC(O)[C@@H](C(=O)C1CCNCC1)n1cc([C@@H](N)CCCCN)nn1. The van der Waals surface area contributed by atoms with Crippen molar-refractivity contribution in [3.63, 3.8) is 0 Å². The summed E-state index contributed by atoms with van der Waals surface area (Å²) < 4.78 is 1.48. The van der Waals surface area contributed by atoms with Crippen molar-refractivity contribution in [2.24, 2.45) is 17.4 Å². The first kappa shape index (κ1) is 19.0. The number of nitrogens with zero attached hydrogens (tertiary/aromatic N) is 3. The maximum Gasteiger partial charge on any atom is 0.163 e. The van der Waals surface area contributed by atoms with Gasteiger partial charge in [-0.2, -0.15) is 0 Å². The van der Waals surface area contributed by atoms with E-state index < -0.39 is 12.1 Å². The molecule has 8 heteroatoms. The summed E-state index contributed by atoms with van der Waals surface area (Å²) in [6.45, 7) is 3.93. The van der Waals surface area contributed by atoms with Crippen LogP contribution in [-0.4, -0.2) is 51.6 Å². The molecular formula is C16H30N6O2. The highest BCUT2D eigenvalue weighted by Crippen LogP contribution is 2.24. The molecule has 1 aliphatic heterocycles. The molecule has 1 aromatic rings. The van der Waals surface area contributed by atoms with Crippen LogP contribution in [-0.2, 0) is 4.79 Å². The van der Waals surface area contributed by atoms with E-state index >= 15 is 0 Å². The van der Waals surface area contributed by atoms with Gasteiger partial charge in [0.1, 0.15) is 6.04 Å². The zero-order valence-electron chi connectivity index (χ0n) is 14.4. The van der Waals surface area contributed by atoms with Crippen LogP contribution in [0.4, 0.5) is 0 Å². The molecule has 0 aliphatic carbocycles. The molecular weight excluding hydrogens is 308 g/mol. The van der Waals surface area contributed by atoms with Crippen LogP contribution >= 0.6 is 0 Å². The highest BCUT2D eigenvalue weighted by atomic mass is 16.3. The zero-order valence-corrected chi connectivity index (χ0v) is 14.4. The van der Waals surface area contributed by atoms with Crippen LogP contribution in [0.1, 0.15) is 56.8 Å². The first-order chi connectivity index (χ1) is 11.5. The molecule has 0 saturated carbocycles. The Hall–Kier alpha value is -1.35. The van der Waals surface area contributed by atoms with E-state index in [4.69, 9.17) is 11.5 Å². The molecule has 1 unspecified atom stereocenters. The number of hydrogen-bond acceptors (Lipinski definition) is 7. The summed E-state index contributed by atoms with van der Waals surface area (Å²) >= 11 is 0. The number of nitrogens with one attached hydrogen (secondary N) is 1. The summed E-state index contributed by atoms with van der Waals surface area (Å²) in [5.74, 6) is -0.0172. The third kappa shape index (κ3) is 4.83. The monoisotopic (exact) mass is 338 g/mol. The minimum Gasteiger partial charge on any atom is -0.391 e. The number of hydrogen-bond donors (Lipinski definition) is 4. The summed E-state index contributed by atoms with van der Waals surface area (Å²) in [6.07, 6.45) is 5.09. The molecule has 1 fully saturated rings. The summed E-state index contributed by atoms with van der Waals surface area (Å²) in [6, 6.07) is -0.931. The average molecular weight is 338 g/mol. The van der Waals surface area contributed by atoms with E-state index in [9.17, 15) is 9.90 Å². The Bertz CT molecular complexity index is 512. The lowest BCUT2D eigenvalue weighted by atomic mass is 9.88. The molecule has 0 amide bonds. The highest BCUT2D eigenvalue weighted by molar-refractivity contribution is 5.85.